The number of hydrogen-bond acceptors (Lipinski definition) is 3. The predicted octanol–water partition coefficient (Wildman–Crippen LogP) is 3.73. The van der Waals surface area contributed by atoms with Crippen molar-refractivity contribution in [3.8, 4) is 0 Å². The fourth-order valence-electron chi connectivity index (χ4n) is 3.95. The summed E-state index contributed by atoms with van der Waals surface area (Å²) in [6.45, 7) is 0.812. The zero-order valence-electron chi connectivity index (χ0n) is 15.4. The lowest BCUT2D eigenvalue weighted by Crippen LogP contribution is -2.48. The van der Waals surface area contributed by atoms with Crippen LogP contribution in [0.1, 0.15) is 34.3 Å². The number of amides is 1. The first-order valence-electron chi connectivity index (χ1n) is 9.24. The van der Waals surface area contributed by atoms with Gasteiger partial charge in [-0.15, -0.1) is 4.31 Å². The van der Waals surface area contributed by atoms with Crippen LogP contribution in [0, 0.1) is 0 Å². The van der Waals surface area contributed by atoms with Crippen molar-refractivity contribution < 1.29 is 26.7 Å². The minimum atomic E-state index is -4.61. The number of benzene rings is 2. The molecule has 2 aliphatic rings. The Balaban J connectivity index is 1.46. The van der Waals surface area contributed by atoms with E-state index < -0.39 is 22.1 Å². The van der Waals surface area contributed by atoms with Gasteiger partial charge in [-0.25, -0.2) is 0 Å². The van der Waals surface area contributed by atoms with Crippen LogP contribution in [-0.2, 0) is 27.3 Å². The number of hydrogen-bond donors (Lipinski definition) is 0. The molecule has 1 amide bonds. The molecule has 2 heterocycles. The molecule has 2 aliphatic heterocycles. The van der Waals surface area contributed by atoms with Gasteiger partial charge in [0.1, 0.15) is 0 Å². The molecule has 2 aromatic rings. The number of alkyl halides is 3. The summed E-state index contributed by atoms with van der Waals surface area (Å²) in [4.78, 5) is 14.0. The smallest absolute Gasteiger partial charge is 0.416 e. The normalized spacial score (nSPS) is 20.6. The standard InChI is InChI=1S/C20H19F3N2O3S/c21-20(22,23)15-5-3-6-17(12-15)29(27,28)24-10-8-16(9-11-24)25-13-14-4-1-2-7-18(14)19(25)26/h1-7,12,16H,8-11,13H2. The summed E-state index contributed by atoms with van der Waals surface area (Å²) in [5, 5.41) is 0. The van der Waals surface area contributed by atoms with Gasteiger partial charge in [0, 0.05) is 37.3 Å². The lowest BCUT2D eigenvalue weighted by atomic mass is 10.1. The van der Waals surface area contributed by atoms with Crippen LogP contribution in [0.25, 0.3) is 0 Å². The topological polar surface area (TPSA) is 63.7 Å². The molecule has 9 heteroatoms. The van der Waals surface area contributed by atoms with Crippen LogP contribution in [0.3, 0.4) is 0 Å². The average molecular weight is 424 g/mol. The number of nitrogens with zero attached hydrogens (tertiary/aromatic N) is 2. The number of halogens is 3. The predicted molar refractivity (Wildman–Crippen MR) is 99.4 cm³/mol. The largest absolute Gasteiger partial charge is 0.593 e. The van der Waals surface area contributed by atoms with Crippen molar-refractivity contribution in [2.24, 2.45) is 0 Å². The van der Waals surface area contributed by atoms with Crippen molar-refractivity contribution in [2.75, 3.05) is 13.1 Å². The number of carbonyl (C=O) groups is 1. The molecular formula is C20H19F3N2O3S. The highest BCUT2D eigenvalue weighted by Gasteiger charge is 2.40. The van der Waals surface area contributed by atoms with E-state index in [-0.39, 0.29) is 29.9 Å². The number of carbonyl (C=O) groups excluding carboxylic acids is 1. The maximum Gasteiger partial charge on any atom is 0.416 e. The van der Waals surface area contributed by atoms with Gasteiger partial charge in [0.2, 0.25) is 0 Å². The van der Waals surface area contributed by atoms with E-state index in [0.717, 1.165) is 17.7 Å². The lowest BCUT2D eigenvalue weighted by molar-refractivity contribution is -0.137. The zero-order chi connectivity index (χ0) is 20.8. The molecule has 154 valence electrons. The molecule has 0 N–H and O–H groups in total. The average Bonchev–Trinajstić information content (AvgIpc) is 3.04. The zero-order valence-corrected chi connectivity index (χ0v) is 16.2. The maximum absolute atomic E-state index is 12.9. The van der Waals surface area contributed by atoms with E-state index in [9.17, 15) is 26.7 Å². The Bertz CT molecular complexity index is 987. The molecule has 1 atom stereocenters. The summed E-state index contributed by atoms with van der Waals surface area (Å²) in [6, 6.07) is 11.1. The third kappa shape index (κ3) is 3.70. The van der Waals surface area contributed by atoms with Crippen molar-refractivity contribution >= 4 is 16.3 Å². The van der Waals surface area contributed by atoms with E-state index in [4.69, 9.17) is 0 Å². The summed E-state index contributed by atoms with van der Waals surface area (Å²) < 4.78 is 65.6. The van der Waals surface area contributed by atoms with E-state index >= 15 is 0 Å². The maximum atomic E-state index is 12.9. The highest BCUT2D eigenvalue weighted by Crippen LogP contribution is 2.34. The van der Waals surface area contributed by atoms with Gasteiger partial charge < -0.3 is 9.45 Å². The lowest BCUT2D eigenvalue weighted by Gasteiger charge is -2.37. The highest BCUT2D eigenvalue weighted by molar-refractivity contribution is 7.95. The Hall–Kier alpha value is -2.23. The number of sulfonamides is 1. The third-order valence-electron chi connectivity index (χ3n) is 5.51. The van der Waals surface area contributed by atoms with Crippen molar-refractivity contribution in [3.63, 3.8) is 0 Å². The van der Waals surface area contributed by atoms with Crippen LogP contribution in [-0.4, -0.2) is 38.8 Å². The van der Waals surface area contributed by atoms with E-state index in [0.29, 0.717) is 31.0 Å². The number of piperidine rings is 1. The van der Waals surface area contributed by atoms with Crippen LogP contribution in [0.15, 0.2) is 53.4 Å². The molecule has 0 aromatic heterocycles. The van der Waals surface area contributed by atoms with Crippen LogP contribution < -0.4 is 0 Å². The van der Waals surface area contributed by atoms with Crippen molar-refractivity contribution in [2.45, 2.75) is 36.5 Å². The van der Waals surface area contributed by atoms with Gasteiger partial charge in [0.15, 0.2) is 15.3 Å². The van der Waals surface area contributed by atoms with Gasteiger partial charge in [-0.1, -0.05) is 28.5 Å². The van der Waals surface area contributed by atoms with Crippen molar-refractivity contribution in [1.29, 1.82) is 0 Å². The Kier molecular flexibility index (Phi) is 5.00. The molecule has 2 aromatic carbocycles. The molecule has 0 saturated carbocycles. The Morgan fingerprint density at radius 2 is 1.72 bits per heavy atom. The third-order valence-corrected chi connectivity index (χ3v) is 7.41. The molecule has 5 nitrogen and oxygen atoms in total. The van der Waals surface area contributed by atoms with Crippen LogP contribution in [0.4, 0.5) is 13.2 Å². The second-order valence-electron chi connectivity index (χ2n) is 7.25. The van der Waals surface area contributed by atoms with Crippen LogP contribution in [0.2, 0.25) is 0 Å². The molecule has 0 aliphatic carbocycles. The van der Waals surface area contributed by atoms with Crippen LogP contribution in [0.5, 0.6) is 0 Å². The first-order chi connectivity index (χ1) is 13.7. The number of fused-ring (bicyclic) bond motifs is 1. The second-order valence-corrected chi connectivity index (χ2v) is 9.19. The molecule has 0 spiro atoms. The molecule has 1 fully saturated rings. The first-order valence-corrected chi connectivity index (χ1v) is 10.7. The van der Waals surface area contributed by atoms with Gasteiger partial charge in [0.25, 0.3) is 5.91 Å². The summed E-state index contributed by atoms with van der Waals surface area (Å²) in [5.74, 6) is -0.0558. The second kappa shape index (κ2) is 7.23. The van der Waals surface area contributed by atoms with Gasteiger partial charge in [-0.3, -0.25) is 4.79 Å². The summed E-state index contributed by atoms with van der Waals surface area (Å²) in [5.41, 5.74) is 0.636. The summed E-state index contributed by atoms with van der Waals surface area (Å²) in [7, 11) is -4.03. The van der Waals surface area contributed by atoms with Gasteiger partial charge in [0.05, 0.1) is 5.56 Å². The van der Waals surface area contributed by atoms with Crippen LogP contribution >= 0.6 is 0 Å². The monoisotopic (exact) mass is 424 g/mol. The van der Waals surface area contributed by atoms with Gasteiger partial charge in [-0.05, 0) is 36.6 Å². The Morgan fingerprint density at radius 3 is 2.38 bits per heavy atom. The van der Waals surface area contributed by atoms with Crippen molar-refractivity contribution in [1.82, 2.24) is 9.21 Å². The van der Waals surface area contributed by atoms with E-state index in [1.165, 1.54) is 10.4 Å². The molecule has 0 bridgehead atoms. The van der Waals surface area contributed by atoms with Gasteiger partial charge in [-0.2, -0.15) is 13.2 Å². The van der Waals surface area contributed by atoms with Crippen molar-refractivity contribution in [3.05, 3.63) is 65.2 Å². The molecule has 4 rings (SSSR count). The minimum Gasteiger partial charge on any atom is -0.593 e. The molecular weight excluding hydrogens is 405 g/mol. The van der Waals surface area contributed by atoms with E-state index in [1.807, 2.05) is 18.2 Å². The fraction of sp³-hybridized carbons (Fsp3) is 0.350. The quantitative estimate of drug-likeness (QED) is 0.706. The minimum absolute atomic E-state index is 0.0558. The molecule has 1 saturated heterocycles. The van der Waals surface area contributed by atoms with E-state index in [1.54, 1.807) is 11.0 Å². The molecule has 0 radical (unpaired) electrons. The highest BCUT2D eigenvalue weighted by atomic mass is 32.3. The Morgan fingerprint density at radius 1 is 1.03 bits per heavy atom. The summed E-state index contributed by atoms with van der Waals surface area (Å²) >= 11 is 0. The van der Waals surface area contributed by atoms with Gasteiger partial charge >= 0.3 is 6.18 Å². The Labute approximate surface area is 167 Å². The molecule has 29 heavy (non-hydrogen) atoms. The number of rotatable bonds is 3. The van der Waals surface area contributed by atoms with E-state index in [2.05, 4.69) is 0 Å². The first kappa shape index (κ1) is 20.1. The molecule has 1 unspecified atom stereocenters. The fourth-order valence-corrected chi connectivity index (χ4v) is 5.46. The summed E-state index contributed by atoms with van der Waals surface area (Å²) in [6.07, 6.45) is -3.72. The SMILES string of the molecule is O=C1c2ccccc2CN1C1CCN([S+](=O)([O-])c2cccc(C(F)(F)F)c2)CC1.